The Morgan fingerprint density at radius 2 is 2.05 bits per heavy atom. The third kappa shape index (κ3) is 4.11. The molecule has 0 fully saturated rings. The van der Waals surface area contributed by atoms with E-state index in [1.165, 1.54) is 17.4 Å². The molecule has 0 unspecified atom stereocenters. The van der Waals surface area contributed by atoms with Crippen molar-refractivity contribution in [2.45, 2.75) is 13.0 Å². The van der Waals surface area contributed by atoms with E-state index in [1.807, 2.05) is 12.1 Å². The SMILES string of the molecule is O=C(Cc1ccc(F)cc1F)NCc1ccc(Br)s1. The van der Waals surface area contributed by atoms with E-state index in [0.717, 1.165) is 20.8 Å². The predicted octanol–water partition coefficient (Wildman–Crippen LogP) is 3.65. The number of hydrogen-bond donors (Lipinski definition) is 1. The van der Waals surface area contributed by atoms with Crippen molar-refractivity contribution in [3.05, 3.63) is 56.2 Å². The maximum absolute atomic E-state index is 13.4. The van der Waals surface area contributed by atoms with E-state index in [4.69, 9.17) is 0 Å². The summed E-state index contributed by atoms with van der Waals surface area (Å²) in [5.74, 6) is -1.64. The molecule has 0 atom stereocenters. The van der Waals surface area contributed by atoms with Crippen molar-refractivity contribution in [3.8, 4) is 0 Å². The minimum absolute atomic E-state index is 0.0986. The van der Waals surface area contributed by atoms with Crippen LogP contribution in [0.4, 0.5) is 8.78 Å². The van der Waals surface area contributed by atoms with Gasteiger partial charge in [0.15, 0.2) is 0 Å². The average Bonchev–Trinajstić information content (AvgIpc) is 2.76. The van der Waals surface area contributed by atoms with Gasteiger partial charge in [0.1, 0.15) is 11.6 Å². The topological polar surface area (TPSA) is 29.1 Å². The van der Waals surface area contributed by atoms with Crippen LogP contribution in [0.2, 0.25) is 0 Å². The first-order chi connectivity index (χ1) is 9.04. The molecule has 1 heterocycles. The third-order valence-electron chi connectivity index (χ3n) is 2.45. The molecule has 1 N–H and O–H groups in total. The maximum atomic E-state index is 13.4. The number of thiophene rings is 1. The van der Waals surface area contributed by atoms with Gasteiger partial charge in [0.2, 0.25) is 5.91 Å². The predicted molar refractivity (Wildman–Crippen MR) is 73.9 cm³/mol. The van der Waals surface area contributed by atoms with Crippen LogP contribution in [0.15, 0.2) is 34.1 Å². The number of carbonyl (C=O) groups is 1. The molecular formula is C13H10BrF2NOS. The second-order valence-corrected chi connectivity index (χ2v) is 6.44. The first-order valence-corrected chi connectivity index (χ1v) is 7.10. The molecule has 0 bridgehead atoms. The quantitative estimate of drug-likeness (QED) is 0.900. The molecule has 2 rings (SSSR count). The van der Waals surface area contributed by atoms with Gasteiger partial charge in [0.05, 0.1) is 16.8 Å². The maximum Gasteiger partial charge on any atom is 0.224 e. The fourth-order valence-electron chi connectivity index (χ4n) is 1.53. The summed E-state index contributed by atoms with van der Waals surface area (Å²) in [4.78, 5) is 12.7. The summed E-state index contributed by atoms with van der Waals surface area (Å²) < 4.78 is 27.1. The zero-order valence-electron chi connectivity index (χ0n) is 9.75. The lowest BCUT2D eigenvalue weighted by atomic mass is 10.1. The molecule has 0 radical (unpaired) electrons. The van der Waals surface area contributed by atoms with Crippen molar-refractivity contribution < 1.29 is 13.6 Å². The van der Waals surface area contributed by atoms with Gasteiger partial charge in [-0.3, -0.25) is 4.79 Å². The lowest BCUT2D eigenvalue weighted by molar-refractivity contribution is -0.120. The van der Waals surface area contributed by atoms with Crippen LogP contribution in [-0.2, 0) is 17.8 Å². The molecule has 1 amide bonds. The lowest BCUT2D eigenvalue weighted by Crippen LogP contribution is -2.24. The Hall–Kier alpha value is -1.27. The summed E-state index contributed by atoms with van der Waals surface area (Å²) in [6.07, 6.45) is -0.0986. The van der Waals surface area contributed by atoms with E-state index >= 15 is 0 Å². The Labute approximate surface area is 121 Å². The van der Waals surface area contributed by atoms with Crippen LogP contribution in [0, 0.1) is 11.6 Å². The second kappa shape index (κ2) is 6.25. The monoisotopic (exact) mass is 345 g/mol. The molecule has 19 heavy (non-hydrogen) atoms. The minimum atomic E-state index is -0.700. The number of benzene rings is 1. The van der Waals surface area contributed by atoms with E-state index in [9.17, 15) is 13.6 Å². The molecule has 0 aliphatic carbocycles. The van der Waals surface area contributed by atoms with Crippen LogP contribution in [0.1, 0.15) is 10.4 Å². The number of carbonyl (C=O) groups excluding carboxylic acids is 1. The van der Waals surface area contributed by atoms with Crippen molar-refractivity contribution in [1.82, 2.24) is 5.32 Å². The molecule has 0 aliphatic heterocycles. The van der Waals surface area contributed by atoms with Crippen LogP contribution in [0.3, 0.4) is 0 Å². The van der Waals surface area contributed by atoms with Crippen LogP contribution in [0.5, 0.6) is 0 Å². The smallest absolute Gasteiger partial charge is 0.224 e. The van der Waals surface area contributed by atoms with Crippen LogP contribution in [0.25, 0.3) is 0 Å². The van der Waals surface area contributed by atoms with Crippen molar-refractivity contribution in [3.63, 3.8) is 0 Å². The first-order valence-electron chi connectivity index (χ1n) is 5.49. The number of rotatable bonds is 4. The van der Waals surface area contributed by atoms with Gasteiger partial charge in [0.25, 0.3) is 0 Å². The van der Waals surface area contributed by atoms with Gasteiger partial charge in [0, 0.05) is 10.9 Å². The van der Waals surface area contributed by atoms with E-state index < -0.39 is 11.6 Å². The lowest BCUT2D eigenvalue weighted by Gasteiger charge is -2.05. The highest BCUT2D eigenvalue weighted by Crippen LogP contribution is 2.21. The summed E-state index contributed by atoms with van der Waals surface area (Å²) in [5, 5.41) is 2.69. The molecule has 0 spiro atoms. The fraction of sp³-hybridized carbons (Fsp3) is 0.154. The summed E-state index contributed by atoms with van der Waals surface area (Å²) >= 11 is 4.85. The zero-order chi connectivity index (χ0) is 13.8. The summed E-state index contributed by atoms with van der Waals surface area (Å²) in [5.41, 5.74) is 0.186. The van der Waals surface area contributed by atoms with E-state index in [-0.39, 0.29) is 17.9 Å². The number of nitrogens with one attached hydrogen (secondary N) is 1. The Morgan fingerprint density at radius 1 is 1.26 bits per heavy atom. The number of amides is 1. The first kappa shape index (κ1) is 14.1. The highest BCUT2D eigenvalue weighted by molar-refractivity contribution is 9.11. The molecule has 0 saturated carbocycles. The van der Waals surface area contributed by atoms with E-state index in [0.29, 0.717) is 6.54 Å². The van der Waals surface area contributed by atoms with Crippen LogP contribution < -0.4 is 5.32 Å². The van der Waals surface area contributed by atoms with Gasteiger partial charge >= 0.3 is 0 Å². The molecule has 0 aliphatic rings. The molecule has 6 heteroatoms. The van der Waals surface area contributed by atoms with Crippen LogP contribution >= 0.6 is 27.3 Å². The Balaban J connectivity index is 1.90. The molecule has 1 aromatic carbocycles. The van der Waals surface area contributed by atoms with Gasteiger partial charge in [-0.1, -0.05) is 6.07 Å². The summed E-state index contributed by atoms with van der Waals surface area (Å²) in [7, 11) is 0. The van der Waals surface area contributed by atoms with Crippen LogP contribution in [-0.4, -0.2) is 5.91 Å². The fourth-order valence-corrected chi connectivity index (χ4v) is 2.96. The van der Waals surface area contributed by atoms with Crippen molar-refractivity contribution in [2.24, 2.45) is 0 Å². The minimum Gasteiger partial charge on any atom is -0.351 e. The van der Waals surface area contributed by atoms with Gasteiger partial charge < -0.3 is 5.32 Å². The molecule has 2 aromatic rings. The highest BCUT2D eigenvalue weighted by atomic mass is 79.9. The normalized spacial score (nSPS) is 10.5. The Morgan fingerprint density at radius 3 is 2.68 bits per heavy atom. The molecule has 100 valence electrons. The Kier molecular flexibility index (Phi) is 4.66. The molecule has 2 nitrogen and oxygen atoms in total. The molecule has 0 saturated heterocycles. The average molecular weight is 346 g/mol. The Bertz CT molecular complexity index is 600. The third-order valence-corrected chi connectivity index (χ3v) is 4.08. The van der Waals surface area contributed by atoms with E-state index in [2.05, 4.69) is 21.2 Å². The van der Waals surface area contributed by atoms with Gasteiger partial charge in [-0.25, -0.2) is 8.78 Å². The zero-order valence-corrected chi connectivity index (χ0v) is 12.2. The summed E-state index contributed by atoms with van der Waals surface area (Å²) in [6, 6.07) is 6.99. The van der Waals surface area contributed by atoms with Crippen molar-refractivity contribution >= 4 is 33.2 Å². The largest absolute Gasteiger partial charge is 0.351 e. The molecular weight excluding hydrogens is 336 g/mol. The van der Waals surface area contributed by atoms with Gasteiger partial charge in [-0.05, 0) is 39.7 Å². The van der Waals surface area contributed by atoms with Gasteiger partial charge in [-0.2, -0.15) is 0 Å². The standard InChI is InChI=1S/C13H10BrF2NOS/c14-12-4-3-10(19-12)7-17-13(18)5-8-1-2-9(15)6-11(8)16/h1-4,6H,5,7H2,(H,17,18). The van der Waals surface area contributed by atoms with Gasteiger partial charge in [-0.15, -0.1) is 11.3 Å². The van der Waals surface area contributed by atoms with Crippen molar-refractivity contribution in [2.75, 3.05) is 0 Å². The number of halogens is 3. The molecule has 1 aromatic heterocycles. The summed E-state index contributed by atoms with van der Waals surface area (Å²) in [6.45, 7) is 0.401. The van der Waals surface area contributed by atoms with E-state index in [1.54, 1.807) is 0 Å². The van der Waals surface area contributed by atoms with Crippen molar-refractivity contribution in [1.29, 1.82) is 0 Å². The second-order valence-electron chi connectivity index (χ2n) is 3.90. The number of hydrogen-bond acceptors (Lipinski definition) is 2. The highest BCUT2D eigenvalue weighted by Gasteiger charge is 2.09.